The number of rotatable bonds is 7. The molecule has 0 bridgehead atoms. The Kier molecular flexibility index (Phi) is 4.62. The Balaban J connectivity index is 1.99. The smallest absolute Gasteiger partial charge is 0.295 e. The second-order valence-corrected chi connectivity index (χ2v) is 5.04. The highest BCUT2D eigenvalue weighted by atomic mass is 32.2. The maximum Gasteiger partial charge on any atom is 0.295 e. The molecule has 0 aliphatic carbocycles. The van der Waals surface area contributed by atoms with Gasteiger partial charge in [0, 0.05) is 12.6 Å². The third-order valence-corrected chi connectivity index (χ3v) is 3.33. The van der Waals surface area contributed by atoms with Gasteiger partial charge in [0.2, 0.25) is 0 Å². The number of thioether (sulfide) groups is 1. The van der Waals surface area contributed by atoms with Crippen molar-refractivity contribution in [2.45, 2.75) is 12.8 Å². The highest BCUT2D eigenvalue weighted by Gasteiger charge is 2.11. The van der Waals surface area contributed by atoms with Crippen molar-refractivity contribution in [3.63, 3.8) is 0 Å². The van der Waals surface area contributed by atoms with Crippen LogP contribution in [0, 0.1) is 10.1 Å². The zero-order valence-corrected chi connectivity index (χ0v) is 11.4. The number of hydrogen-bond acceptors (Lipinski definition) is 6. The number of unbranched alkanes of at least 4 members (excludes halogenated alkanes) is 1. The standard InChI is InChI=1S/C12H15N3O3S/c1-19-7-3-2-6-13-12-14-10-5-4-9(15(16)17)8-11(10)18-12/h4-5,8H,2-3,6-7H2,1H3,(H,13,14). The fourth-order valence-electron chi connectivity index (χ4n) is 1.67. The number of nitro groups is 1. The molecule has 0 unspecified atom stereocenters. The topological polar surface area (TPSA) is 81.2 Å². The van der Waals surface area contributed by atoms with Crippen molar-refractivity contribution in [1.82, 2.24) is 4.98 Å². The molecule has 0 aliphatic heterocycles. The van der Waals surface area contributed by atoms with Gasteiger partial charge in [-0.05, 0) is 30.9 Å². The van der Waals surface area contributed by atoms with Gasteiger partial charge in [-0.25, -0.2) is 0 Å². The second kappa shape index (κ2) is 6.42. The summed E-state index contributed by atoms with van der Waals surface area (Å²) < 4.78 is 5.43. The van der Waals surface area contributed by atoms with Gasteiger partial charge in [-0.3, -0.25) is 10.1 Å². The molecule has 2 rings (SSSR count). The molecule has 0 spiro atoms. The molecular formula is C12H15N3O3S. The number of fused-ring (bicyclic) bond motifs is 1. The summed E-state index contributed by atoms with van der Waals surface area (Å²) in [4.78, 5) is 14.4. The molecule has 0 fully saturated rings. The molecule has 1 heterocycles. The molecule has 0 amide bonds. The van der Waals surface area contributed by atoms with Crippen LogP contribution >= 0.6 is 11.8 Å². The average Bonchev–Trinajstić information content (AvgIpc) is 2.80. The van der Waals surface area contributed by atoms with Crippen LogP contribution in [0.3, 0.4) is 0 Å². The number of non-ortho nitro benzene ring substituents is 1. The van der Waals surface area contributed by atoms with Crippen LogP contribution in [-0.2, 0) is 0 Å². The first-order chi connectivity index (χ1) is 9.20. The van der Waals surface area contributed by atoms with Crippen LogP contribution < -0.4 is 5.32 Å². The van der Waals surface area contributed by atoms with Crippen LogP contribution in [0.1, 0.15) is 12.8 Å². The fraction of sp³-hybridized carbons (Fsp3) is 0.417. The normalized spacial score (nSPS) is 10.8. The molecule has 7 heteroatoms. The van der Waals surface area contributed by atoms with E-state index in [0.717, 1.165) is 25.1 Å². The van der Waals surface area contributed by atoms with E-state index in [-0.39, 0.29) is 5.69 Å². The monoisotopic (exact) mass is 281 g/mol. The second-order valence-electron chi connectivity index (χ2n) is 4.05. The maximum absolute atomic E-state index is 10.6. The van der Waals surface area contributed by atoms with Gasteiger partial charge in [-0.15, -0.1) is 0 Å². The van der Waals surface area contributed by atoms with Crippen LogP contribution in [0.25, 0.3) is 11.1 Å². The van der Waals surface area contributed by atoms with Gasteiger partial charge in [0.1, 0.15) is 5.52 Å². The molecule has 6 nitrogen and oxygen atoms in total. The van der Waals surface area contributed by atoms with E-state index < -0.39 is 4.92 Å². The number of nitro benzene ring substituents is 1. The molecule has 19 heavy (non-hydrogen) atoms. The molecule has 1 aromatic carbocycles. The zero-order chi connectivity index (χ0) is 13.7. The Morgan fingerprint density at radius 3 is 3.05 bits per heavy atom. The molecule has 0 saturated heterocycles. The van der Waals surface area contributed by atoms with Crippen LogP contribution in [0.2, 0.25) is 0 Å². The lowest BCUT2D eigenvalue weighted by Crippen LogP contribution is -2.01. The number of hydrogen-bond donors (Lipinski definition) is 1. The summed E-state index contributed by atoms with van der Waals surface area (Å²) in [6, 6.07) is 4.82. The number of anilines is 1. The summed E-state index contributed by atoms with van der Waals surface area (Å²) in [5.74, 6) is 1.14. The third kappa shape index (κ3) is 3.60. The van der Waals surface area contributed by atoms with Crippen LogP contribution in [0.4, 0.5) is 11.7 Å². The van der Waals surface area contributed by atoms with Crippen molar-refractivity contribution < 1.29 is 9.34 Å². The number of oxazole rings is 1. The molecule has 2 aromatic rings. The summed E-state index contributed by atoms with van der Waals surface area (Å²) in [6.45, 7) is 0.787. The summed E-state index contributed by atoms with van der Waals surface area (Å²) in [7, 11) is 0. The van der Waals surface area contributed by atoms with E-state index in [1.165, 1.54) is 12.1 Å². The quantitative estimate of drug-likeness (QED) is 0.476. The Morgan fingerprint density at radius 2 is 2.32 bits per heavy atom. The van der Waals surface area contributed by atoms with Crippen molar-refractivity contribution in [3.8, 4) is 0 Å². The minimum Gasteiger partial charge on any atom is -0.423 e. The van der Waals surface area contributed by atoms with Crippen LogP contribution in [-0.4, -0.2) is 28.5 Å². The fourth-order valence-corrected chi connectivity index (χ4v) is 2.16. The lowest BCUT2D eigenvalue weighted by Gasteiger charge is -1.99. The predicted octanol–water partition coefficient (Wildman–Crippen LogP) is 3.29. The maximum atomic E-state index is 10.6. The highest BCUT2D eigenvalue weighted by Crippen LogP contribution is 2.23. The van der Waals surface area contributed by atoms with Crippen molar-refractivity contribution in [3.05, 3.63) is 28.3 Å². The molecule has 1 aromatic heterocycles. The first-order valence-corrected chi connectivity index (χ1v) is 7.38. The summed E-state index contributed by atoms with van der Waals surface area (Å²) in [6.07, 6.45) is 4.26. The lowest BCUT2D eigenvalue weighted by molar-refractivity contribution is -0.384. The largest absolute Gasteiger partial charge is 0.423 e. The van der Waals surface area contributed by atoms with Gasteiger partial charge in [0.15, 0.2) is 5.58 Å². The van der Waals surface area contributed by atoms with Gasteiger partial charge in [-0.2, -0.15) is 16.7 Å². The number of nitrogens with zero attached hydrogens (tertiary/aromatic N) is 2. The lowest BCUT2D eigenvalue weighted by atomic mass is 10.3. The number of benzene rings is 1. The Morgan fingerprint density at radius 1 is 1.47 bits per heavy atom. The van der Waals surface area contributed by atoms with Crippen molar-refractivity contribution >= 4 is 34.6 Å². The van der Waals surface area contributed by atoms with Gasteiger partial charge in [0.05, 0.1) is 11.0 Å². The molecule has 0 aliphatic rings. The Hall–Kier alpha value is -1.76. The third-order valence-electron chi connectivity index (χ3n) is 2.63. The summed E-state index contributed by atoms with van der Waals surface area (Å²) in [5, 5.41) is 13.7. The Labute approximate surface area is 114 Å². The van der Waals surface area contributed by atoms with Crippen LogP contribution in [0.5, 0.6) is 0 Å². The molecule has 102 valence electrons. The Bertz CT molecular complexity index is 570. The van der Waals surface area contributed by atoms with E-state index in [2.05, 4.69) is 16.6 Å². The molecule has 0 saturated carbocycles. The predicted molar refractivity (Wildman–Crippen MR) is 76.8 cm³/mol. The first kappa shape index (κ1) is 13.7. The van der Waals surface area contributed by atoms with Crippen molar-refractivity contribution in [1.29, 1.82) is 0 Å². The molecule has 0 radical (unpaired) electrons. The van der Waals surface area contributed by atoms with E-state index in [0.29, 0.717) is 17.1 Å². The van der Waals surface area contributed by atoms with E-state index in [4.69, 9.17) is 4.42 Å². The van der Waals surface area contributed by atoms with Crippen molar-refractivity contribution in [2.75, 3.05) is 23.9 Å². The minimum absolute atomic E-state index is 0.00942. The van der Waals surface area contributed by atoms with E-state index in [1.807, 2.05) is 11.8 Å². The van der Waals surface area contributed by atoms with Gasteiger partial charge < -0.3 is 9.73 Å². The van der Waals surface area contributed by atoms with Crippen molar-refractivity contribution in [2.24, 2.45) is 0 Å². The SMILES string of the molecule is CSCCCCNc1nc2ccc([N+](=O)[O-])cc2o1. The number of aromatic nitrogens is 1. The highest BCUT2D eigenvalue weighted by molar-refractivity contribution is 7.98. The average molecular weight is 281 g/mol. The zero-order valence-electron chi connectivity index (χ0n) is 10.6. The van der Waals surface area contributed by atoms with E-state index >= 15 is 0 Å². The van der Waals surface area contributed by atoms with Gasteiger partial charge >= 0.3 is 0 Å². The number of nitrogens with one attached hydrogen (secondary N) is 1. The minimum atomic E-state index is -0.447. The van der Waals surface area contributed by atoms with Gasteiger partial charge in [-0.1, -0.05) is 0 Å². The molecule has 0 atom stereocenters. The summed E-state index contributed by atoms with van der Waals surface area (Å²) >= 11 is 1.83. The first-order valence-electron chi connectivity index (χ1n) is 5.98. The van der Waals surface area contributed by atoms with Gasteiger partial charge in [0.25, 0.3) is 11.7 Å². The summed E-state index contributed by atoms with van der Waals surface area (Å²) in [5.41, 5.74) is 1.06. The van der Waals surface area contributed by atoms with E-state index in [1.54, 1.807) is 6.07 Å². The molecule has 1 N–H and O–H groups in total. The van der Waals surface area contributed by atoms with Crippen LogP contribution in [0.15, 0.2) is 22.6 Å². The van der Waals surface area contributed by atoms with E-state index in [9.17, 15) is 10.1 Å². The molecular weight excluding hydrogens is 266 g/mol.